The van der Waals surface area contributed by atoms with E-state index < -0.39 is 0 Å². The molecule has 2 nitrogen and oxygen atoms in total. The Morgan fingerprint density at radius 2 is 0.807 bits per heavy atom. The lowest BCUT2D eigenvalue weighted by molar-refractivity contribution is 1.19. The van der Waals surface area contributed by atoms with E-state index in [0.29, 0.717) is 0 Å². The summed E-state index contributed by atoms with van der Waals surface area (Å²) in [6, 6.07) is 79.3. The molecule has 2 aromatic heterocycles. The number of benzene rings is 9. The first-order valence-corrected chi connectivity index (χ1v) is 20.2. The molecule has 2 heterocycles. The highest BCUT2D eigenvalue weighted by atomic mass is 32.1. The molecule has 9 aromatic carbocycles. The number of aromatic nitrogens is 1. The number of hydrogen-bond acceptors (Lipinski definition) is 2. The Labute approximate surface area is 335 Å². The van der Waals surface area contributed by atoms with Gasteiger partial charge in [0.15, 0.2) is 0 Å². The smallest absolute Gasteiger partial charge is 0.0634 e. The quantitative estimate of drug-likeness (QED) is 0.158. The Balaban J connectivity index is 1.13. The number of anilines is 3. The molecule has 0 spiro atoms. The van der Waals surface area contributed by atoms with Crippen molar-refractivity contribution < 1.29 is 0 Å². The van der Waals surface area contributed by atoms with Crippen LogP contribution in [0.3, 0.4) is 0 Å². The van der Waals surface area contributed by atoms with Crippen molar-refractivity contribution in [2.75, 3.05) is 4.90 Å². The minimum absolute atomic E-state index is 1.11. The fourth-order valence-electron chi connectivity index (χ4n) is 8.46. The van der Waals surface area contributed by atoms with Crippen molar-refractivity contribution in [1.82, 2.24) is 4.57 Å². The van der Waals surface area contributed by atoms with Crippen LogP contribution >= 0.6 is 11.3 Å². The highest BCUT2D eigenvalue weighted by Crippen LogP contribution is 2.46. The van der Waals surface area contributed by atoms with E-state index in [4.69, 9.17) is 0 Å². The molecule has 0 aliphatic rings. The van der Waals surface area contributed by atoms with Crippen LogP contribution in [0, 0.1) is 0 Å². The second-order valence-corrected chi connectivity index (χ2v) is 15.6. The molecule has 0 aliphatic heterocycles. The minimum atomic E-state index is 1.11. The van der Waals surface area contributed by atoms with Gasteiger partial charge in [0.25, 0.3) is 0 Å². The Hall–Kier alpha value is -7.20. The van der Waals surface area contributed by atoms with Gasteiger partial charge in [-0.1, -0.05) is 146 Å². The lowest BCUT2D eigenvalue weighted by Gasteiger charge is -2.26. The second-order valence-electron chi connectivity index (χ2n) is 14.5. The highest BCUT2D eigenvalue weighted by Gasteiger charge is 2.21. The van der Waals surface area contributed by atoms with Crippen molar-refractivity contribution in [2.45, 2.75) is 0 Å². The summed E-state index contributed by atoms with van der Waals surface area (Å²) in [5, 5.41) is 5.06. The van der Waals surface area contributed by atoms with Gasteiger partial charge >= 0.3 is 0 Å². The van der Waals surface area contributed by atoms with E-state index >= 15 is 0 Å². The number of nitrogens with zero attached hydrogens (tertiary/aromatic N) is 2. The van der Waals surface area contributed by atoms with Gasteiger partial charge in [0.2, 0.25) is 0 Å². The molecule has 3 heteroatoms. The summed E-state index contributed by atoms with van der Waals surface area (Å²) >= 11 is 1.87. The van der Waals surface area contributed by atoms with Crippen LogP contribution in [0.2, 0.25) is 0 Å². The highest BCUT2D eigenvalue weighted by molar-refractivity contribution is 7.26. The van der Waals surface area contributed by atoms with E-state index in [1.54, 1.807) is 0 Å². The summed E-state index contributed by atoms with van der Waals surface area (Å²) in [7, 11) is 0. The van der Waals surface area contributed by atoms with Crippen molar-refractivity contribution in [3.8, 4) is 39.1 Å². The number of fused-ring (bicyclic) bond motifs is 7. The van der Waals surface area contributed by atoms with Gasteiger partial charge in [0, 0.05) is 53.7 Å². The largest absolute Gasteiger partial charge is 0.310 e. The molecule has 0 atom stereocenters. The van der Waals surface area contributed by atoms with Crippen LogP contribution in [0.4, 0.5) is 17.1 Å². The lowest BCUT2D eigenvalue weighted by Crippen LogP contribution is -2.09. The molecule has 57 heavy (non-hydrogen) atoms. The molecular weight excluding hydrogens is 709 g/mol. The topological polar surface area (TPSA) is 8.17 Å². The molecule has 0 amide bonds. The van der Waals surface area contributed by atoms with Gasteiger partial charge in [0.05, 0.1) is 11.0 Å². The average molecular weight is 745 g/mol. The zero-order valence-corrected chi connectivity index (χ0v) is 31.9. The number of rotatable bonds is 7. The molecule has 0 bridgehead atoms. The molecule has 0 saturated carbocycles. The number of thiophene rings is 1. The minimum Gasteiger partial charge on any atom is -0.310 e. The van der Waals surface area contributed by atoms with E-state index in [2.05, 4.69) is 228 Å². The van der Waals surface area contributed by atoms with Gasteiger partial charge in [0.1, 0.15) is 0 Å². The van der Waals surface area contributed by atoms with Crippen LogP contribution in [-0.2, 0) is 0 Å². The summed E-state index contributed by atoms with van der Waals surface area (Å²) in [5.41, 5.74) is 14.2. The molecule has 0 unspecified atom stereocenters. The third-order valence-corrected chi connectivity index (χ3v) is 12.3. The Kier molecular flexibility index (Phi) is 8.04. The van der Waals surface area contributed by atoms with Crippen LogP contribution < -0.4 is 4.90 Å². The molecule has 268 valence electrons. The third kappa shape index (κ3) is 5.80. The van der Waals surface area contributed by atoms with E-state index in [-0.39, 0.29) is 0 Å². The third-order valence-electron chi connectivity index (χ3n) is 11.2. The Morgan fingerprint density at radius 1 is 0.333 bits per heavy atom. The van der Waals surface area contributed by atoms with Crippen molar-refractivity contribution in [2.24, 2.45) is 0 Å². The maximum Gasteiger partial charge on any atom is 0.0634 e. The summed E-state index contributed by atoms with van der Waals surface area (Å²) < 4.78 is 5.03. The summed E-state index contributed by atoms with van der Waals surface area (Å²) in [6.07, 6.45) is 0. The second kappa shape index (κ2) is 13.8. The molecule has 0 N–H and O–H groups in total. The van der Waals surface area contributed by atoms with Gasteiger partial charge in [-0.05, 0) is 106 Å². The fourth-order valence-corrected chi connectivity index (χ4v) is 9.55. The van der Waals surface area contributed by atoms with Crippen LogP contribution in [-0.4, -0.2) is 4.57 Å². The normalized spacial score (nSPS) is 11.5. The first-order valence-electron chi connectivity index (χ1n) is 19.4. The first-order chi connectivity index (χ1) is 28.3. The average Bonchev–Trinajstić information content (AvgIpc) is 3.83. The van der Waals surface area contributed by atoms with Gasteiger partial charge in [-0.2, -0.15) is 0 Å². The van der Waals surface area contributed by atoms with Gasteiger partial charge < -0.3 is 9.47 Å². The molecule has 11 rings (SSSR count). The van der Waals surface area contributed by atoms with E-state index in [1.165, 1.54) is 75.4 Å². The van der Waals surface area contributed by atoms with Crippen LogP contribution in [0.1, 0.15) is 0 Å². The van der Waals surface area contributed by atoms with Crippen LogP contribution in [0.5, 0.6) is 0 Å². The first kappa shape index (κ1) is 33.2. The summed E-state index contributed by atoms with van der Waals surface area (Å²) in [5.74, 6) is 0. The van der Waals surface area contributed by atoms with E-state index in [1.807, 2.05) is 11.3 Å². The van der Waals surface area contributed by atoms with Gasteiger partial charge in [-0.15, -0.1) is 11.3 Å². The molecule has 0 saturated heterocycles. The molecular formula is C54H36N2S. The summed E-state index contributed by atoms with van der Waals surface area (Å²) in [6.45, 7) is 0. The zero-order chi connectivity index (χ0) is 37.7. The monoisotopic (exact) mass is 744 g/mol. The van der Waals surface area contributed by atoms with Crippen molar-refractivity contribution in [3.63, 3.8) is 0 Å². The maximum absolute atomic E-state index is 2.48. The van der Waals surface area contributed by atoms with Crippen LogP contribution in [0.25, 0.3) is 81.0 Å². The predicted octanol–water partition coefficient (Wildman–Crippen LogP) is 15.6. The molecule has 0 aliphatic carbocycles. The molecule has 0 radical (unpaired) electrons. The van der Waals surface area contributed by atoms with Crippen molar-refractivity contribution in [3.05, 3.63) is 218 Å². The lowest BCUT2D eigenvalue weighted by atomic mass is 10.0. The zero-order valence-electron chi connectivity index (χ0n) is 31.1. The van der Waals surface area contributed by atoms with Crippen LogP contribution in [0.15, 0.2) is 218 Å². The maximum atomic E-state index is 2.48. The van der Waals surface area contributed by atoms with Gasteiger partial charge in [-0.25, -0.2) is 0 Å². The number of hydrogen-bond donors (Lipinski definition) is 0. The molecule has 11 aromatic rings. The predicted molar refractivity (Wildman–Crippen MR) is 245 cm³/mol. The standard InChI is InChI=1S/C54H36N2S/c1-5-13-37(14-6-1)40-21-26-44(27-22-40)55(45-28-23-41(24-29-45)38-15-7-2-8-16-38)46-30-33-51-49(36-46)53-52(57-51)34-31-47-48-35-42(39-17-9-3-10-18-39)25-32-50(48)56(54(47)53)43-19-11-4-12-20-43/h1-36H. The summed E-state index contributed by atoms with van der Waals surface area (Å²) in [4.78, 5) is 2.39. The SMILES string of the molecule is c1ccc(-c2ccc(N(c3ccc(-c4ccccc4)cc3)c3ccc4sc5ccc6c7cc(-c8ccccc8)ccc7n(-c7ccccc7)c6c5c4c3)cc2)cc1. The fraction of sp³-hybridized carbons (Fsp3) is 0. The number of para-hydroxylation sites is 1. The van der Waals surface area contributed by atoms with Crippen molar-refractivity contribution in [1.29, 1.82) is 0 Å². The Morgan fingerprint density at radius 3 is 1.39 bits per heavy atom. The van der Waals surface area contributed by atoms with E-state index in [0.717, 1.165) is 22.7 Å². The van der Waals surface area contributed by atoms with Gasteiger partial charge in [-0.3, -0.25) is 0 Å². The van der Waals surface area contributed by atoms with Crippen molar-refractivity contribution >= 4 is 70.4 Å². The Bertz CT molecular complexity index is 3100. The molecule has 0 fully saturated rings. The van der Waals surface area contributed by atoms with E-state index in [9.17, 15) is 0 Å².